The SMILES string of the molecule is NNC(c1ccccc1Cl)C12CC3CC(CC(C3)C1)C2. The Morgan fingerprint density at radius 3 is 2.10 bits per heavy atom. The highest BCUT2D eigenvalue weighted by atomic mass is 35.5. The quantitative estimate of drug-likeness (QED) is 0.651. The van der Waals surface area contributed by atoms with Gasteiger partial charge in [-0.05, 0) is 73.3 Å². The summed E-state index contributed by atoms with van der Waals surface area (Å²) in [5.41, 5.74) is 4.67. The van der Waals surface area contributed by atoms with Crippen LogP contribution in [0.4, 0.5) is 0 Å². The van der Waals surface area contributed by atoms with Crippen molar-refractivity contribution >= 4 is 11.6 Å². The van der Waals surface area contributed by atoms with Crippen molar-refractivity contribution < 1.29 is 0 Å². The van der Waals surface area contributed by atoms with E-state index in [9.17, 15) is 0 Å². The molecule has 1 atom stereocenters. The lowest BCUT2D eigenvalue weighted by atomic mass is 9.47. The van der Waals surface area contributed by atoms with Crippen molar-refractivity contribution in [2.45, 2.75) is 44.6 Å². The first-order valence-electron chi connectivity index (χ1n) is 7.91. The van der Waals surface area contributed by atoms with E-state index in [4.69, 9.17) is 17.4 Å². The predicted octanol–water partition coefficient (Wildman–Crippen LogP) is 4.06. The van der Waals surface area contributed by atoms with Gasteiger partial charge in [0, 0.05) is 5.02 Å². The molecule has 4 aliphatic rings. The fourth-order valence-corrected chi connectivity index (χ4v) is 6.08. The van der Waals surface area contributed by atoms with Crippen molar-refractivity contribution in [3.8, 4) is 0 Å². The van der Waals surface area contributed by atoms with Gasteiger partial charge in [-0.25, -0.2) is 0 Å². The van der Waals surface area contributed by atoms with Crippen LogP contribution in [0.5, 0.6) is 0 Å². The molecule has 0 heterocycles. The molecule has 0 spiro atoms. The summed E-state index contributed by atoms with van der Waals surface area (Å²) in [5, 5.41) is 0.853. The van der Waals surface area contributed by atoms with Crippen LogP contribution in [-0.2, 0) is 0 Å². The minimum atomic E-state index is 0.213. The van der Waals surface area contributed by atoms with Crippen LogP contribution in [0.15, 0.2) is 24.3 Å². The van der Waals surface area contributed by atoms with Crippen molar-refractivity contribution in [1.29, 1.82) is 0 Å². The van der Waals surface area contributed by atoms with Gasteiger partial charge in [0.1, 0.15) is 0 Å². The first kappa shape index (κ1) is 13.1. The largest absolute Gasteiger partial charge is 0.271 e. The Morgan fingerprint density at radius 2 is 1.60 bits per heavy atom. The summed E-state index contributed by atoms with van der Waals surface area (Å²) >= 11 is 6.44. The molecule has 1 aromatic carbocycles. The number of nitrogens with two attached hydrogens (primary N) is 1. The van der Waals surface area contributed by atoms with Crippen LogP contribution in [0.2, 0.25) is 5.02 Å². The van der Waals surface area contributed by atoms with E-state index in [0.717, 1.165) is 22.8 Å². The van der Waals surface area contributed by atoms with Gasteiger partial charge in [0.15, 0.2) is 0 Å². The maximum atomic E-state index is 6.44. The maximum Gasteiger partial charge on any atom is 0.0531 e. The number of hydrogen-bond donors (Lipinski definition) is 2. The lowest BCUT2D eigenvalue weighted by molar-refractivity contribution is -0.0749. The van der Waals surface area contributed by atoms with E-state index in [1.165, 1.54) is 44.1 Å². The zero-order valence-corrected chi connectivity index (χ0v) is 12.6. The number of benzene rings is 1. The van der Waals surface area contributed by atoms with Crippen molar-refractivity contribution in [1.82, 2.24) is 5.43 Å². The molecule has 4 aliphatic carbocycles. The van der Waals surface area contributed by atoms with E-state index in [1.807, 2.05) is 12.1 Å². The Kier molecular flexibility index (Phi) is 3.10. The van der Waals surface area contributed by atoms with Gasteiger partial charge in [0.05, 0.1) is 6.04 Å². The Balaban J connectivity index is 1.73. The fourth-order valence-electron chi connectivity index (χ4n) is 5.84. The average Bonchev–Trinajstić information content (AvgIpc) is 2.40. The summed E-state index contributed by atoms with van der Waals surface area (Å²) in [6.07, 6.45) is 8.37. The second-order valence-electron chi connectivity index (χ2n) is 7.40. The average molecular weight is 291 g/mol. The Bertz CT molecular complexity index is 478. The molecule has 0 aliphatic heterocycles. The number of rotatable bonds is 3. The van der Waals surface area contributed by atoms with E-state index < -0.39 is 0 Å². The molecule has 2 nitrogen and oxygen atoms in total. The highest BCUT2D eigenvalue weighted by molar-refractivity contribution is 6.31. The van der Waals surface area contributed by atoms with Crippen LogP contribution in [-0.4, -0.2) is 0 Å². The number of hydrazine groups is 1. The summed E-state index contributed by atoms with van der Waals surface area (Å²) < 4.78 is 0. The molecule has 5 rings (SSSR count). The standard InChI is InChI=1S/C17H23ClN2/c18-15-4-2-1-3-14(15)16(20-19)17-8-11-5-12(9-17)7-13(6-11)10-17/h1-4,11-13,16,20H,5-10,19H2. The zero-order valence-electron chi connectivity index (χ0n) is 11.8. The van der Waals surface area contributed by atoms with Crippen molar-refractivity contribution in [3.05, 3.63) is 34.9 Å². The van der Waals surface area contributed by atoms with E-state index in [0.29, 0.717) is 5.41 Å². The summed E-state index contributed by atoms with van der Waals surface area (Å²) in [5.74, 6) is 8.78. The second-order valence-corrected chi connectivity index (χ2v) is 7.81. The summed E-state index contributed by atoms with van der Waals surface area (Å²) in [6, 6.07) is 8.42. The molecule has 108 valence electrons. The van der Waals surface area contributed by atoms with Crippen LogP contribution < -0.4 is 11.3 Å². The van der Waals surface area contributed by atoms with E-state index in [1.54, 1.807) is 0 Å². The van der Waals surface area contributed by atoms with Gasteiger partial charge in [-0.1, -0.05) is 29.8 Å². The topological polar surface area (TPSA) is 38.0 Å². The molecule has 0 amide bonds. The van der Waals surface area contributed by atoms with E-state index >= 15 is 0 Å². The molecule has 3 heteroatoms. The molecule has 4 fully saturated rings. The van der Waals surface area contributed by atoms with E-state index in [2.05, 4.69) is 17.6 Å². The molecular formula is C17H23ClN2. The Hall–Kier alpha value is -0.570. The van der Waals surface area contributed by atoms with Crippen LogP contribution in [0.1, 0.15) is 50.1 Å². The molecule has 3 N–H and O–H groups in total. The number of hydrogen-bond acceptors (Lipinski definition) is 2. The molecule has 0 saturated heterocycles. The van der Waals surface area contributed by atoms with Gasteiger partial charge >= 0.3 is 0 Å². The normalized spacial score (nSPS) is 40.0. The first-order valence-corrected chi connectivity index (χ1v) is 8.28. The van der Waals surface area contributed by atoms with Crippen LogP contribution in [0, 0.1) is 23.2 Å². The zero-order chi connectivity index (χ0) is 13.7. The van der Waals surface area contributed by atoms with Gasteiger partial charge in [-0.15, -0.1) is 0 Å². The van der Waals surface area contributed by atoms with Crippen LogP contribution >= 0.6 is 11.6 Å². The molecule has 1 unspecified atom stereocenters. The lowest BCUT2D eigenvalue weighted by Gasteiger charge is -2.59. The molecule has 4 saturated carbocycles. The fraction of sp³-hybridized carbons (Fsp3) is 0.647. The molecule has 4 bridgehead atoms. The summed E-state index contributed by atoms with van der Waals surface area (Å²) in [4.78, 5) is 0. The Labute approximate surface area is 126 Å². The maximum absolute atomic E-state index is 6.44. The third kappa shape index (κ3) is 1.93. The molecule has 20 heavy (non-hydrogen) atoms. The van der Waals surface area contributed by atoms with Crippen molar-refractivity contribution in [3.63, 3.8) is 0 Å². The molecule has 0 aromatic heterocycles. The highest BCUT2D eigenvalue weighted by Gasteiger charge is 2.54. The second kappa shape index (κ2) is 4.72. The molecule has 0 radical (unpaired) electrons. The third-order valence-electron chi connectivity index (χ3n) is 6.08. The smallest absolute Gasteiger partial charge is 0.0531 e. The monoisotopic (exact) mass is 290 g/mol. The van der Waals surface area contributed by atoms with Gasteiger partial charge in [0.25, 0.3) is 0 Å². The van der Waals surface area contributed by atoms with Gasteiger partial charge in [-0.3, -0.25) is 11.3 Å². The van der Waals surface area contributed by atoms with E-state index in [-0.39, 0.29) is 6.04 Å². The summed E-state index contributed by atoms with van der Waals surface area (Å²) in [7, 11) is 0. The van der Waals surface area contributed by atoms with Crippen LogP contribution in [0.3, 0.4) is 0 Å². The number of halogens is 1. The highest BCUT2D eigenvalue weighted by Crippen LogP contribution is 2.64. The number of nitrogens with one attached hydrogen (secondary N) is 1. The first-order chi connectivity index (χ1) is 9.70. The van der Waals surface area contributed by atoms with Crippen molar-refractivity contribution in [2.24, 2.45) is 29.0 Å². The molecule has 1 aromatic rings. The summed E-state index contributed by atoms with van der Waals surface area (Å²) in [6.45, 7) is 0. The predicted molar refractivity (Wildman–Crippen MR) is 82.1 cm³/mol. The third-order valence-corrected chi connectivity index (χ3v) is 6.43. The van der Waals surface area contributed by atoms with Gasteiger partial charge in [-0.2, -0.15) is 0 Å². The van der Waals surface area contributed by atoms with Gasteiger partial charge < -0.3 is 0 Å². The minimum absolute atomic E-state index is 0.213. The molecular weight excluding hydrogens is 268 g/mol. The van der Waals surface area contributed by atoms with Crippen LogP contribution in [0.25, 0.3) is 0 Å². The van der Waals surface area contributed by atoms with Crippen molar-refractivity contribution in [2.75, 3.05) is 0 Å². The minimum Gasteiger partial charge on any atom is -0.271 e. The Morgan fingerprint density at radius 1 is 1.05 bits per heavy atom. The van der Waals surface area contributed by atoms with Gasteiger partial charge in [0.2, 0.25) is 0 Å². The lowest BCUT2D eigenvalue weighted by Crippen LogP contribution is -2.53.